The topological polar surface area (TPSA) is 93.8 Å². The third-order valence-electron chi connectivity index (χ3n) is 3.82. The largest absolute Gasteiger partial charge is 0.490 e. The molecule has 4 N–H and O–H groups in total. The number of nitrogens with one attached hydrogen (secondary N) is 2. The molecular weight excluding hydrogens is 375 g/mol. The van der Waals surface area contributed by atoms with E-state index in [9.17, 15) is 13.2 Å². The summed E-state index contributed by atoms with van der Waals surface area (Å²) < 4.78 is 49.9. The van der Waals surface area contributed by atoms with Crippen LogP contribution in [0.5, 0.6) is 11.5 Å². The van der Waals surface area contributed by atoms with Crippen molar-refractivity contribution in [2.75, 3.05) is 36.9 Å². The minimum atomic E-state index is -4.47. The number of nitrogens with zero attached hydrogens (tertiary/aromatic N) is 2. The van der Waals surface area contributed by atoms with Gasteiger partial charge in [-0.25, -0.2) is 4.98 Å². The fourth-order valence-electron chi connectivity index (χ4n) is 2.55. The van der Waals surface area contributed by atoms with Crippen LogP contribution < -0.4 is 25.8 Å². The van der Waals surface area contributed by atoms with Crippen LogP contribution in [0.4, 0.5) is 24.7 Å². The number of hydrogen-bond donors (Lipinski definition) is 3. The van der Waals surface area contributed by atoms with E-state index in [1.165, 1.54) is 12.3 Å². The van der Waals surface area contributed by atoms with E-state index in [0.717, 1.165) is 12.5 Å². The number of pyridine rings is 1. The van der Waals surface area contributed by atoms with Gasteiger partial charge in [-0.1, -0.05) is 0 Å². The van der Waals surface area contributed by atoms with Crippen LogP contribution >= 0.6 is 0 Å². The number of fused-ring (bicyclic) bond motifs is 1. The minimum Gasteiger partial charge on any atom is -0.490 e. The first-order chi connectivity index (χ1) is 13.4. The summed E-state index contributed by atoms with van der Waals surface area (Å²) in [6.07, 6.45) is -2.38. The average Bonchev–Trinajstić information content (AvgIpc) is 2.90. The Balaban J connectivity index is 1.54. The summed E-state index contributed by atoms with van der Waals surface area (Å²) in [5, 5.41) is 5.54. The van der Waals surface area contributed by atoms with Gasteiger partial charge in [0.05, 0.1) is 25.3 Å². The molecule has 1 aromatic heterocycles. The molecular formula is C18H20F3N5O2. The van der Waals surface area contributed by atoms with E-state index in [2.05, 4.69) is 20.6 Å². The van der Waals surface area contributed by atoms with Crippen LogP contribution in [0.2, 0.25) is 0 Å². The Morgan fingerprint density at radius 3 is 2.75 bits per heavy atom. The van der Waals surface area contributed by atoms with Gasteiger partial charge >= 0.3 is 6.18 Å². The van der Waals surface area contributed by atoms with Crippen LogP contribution in [0.15, 0.2) is 41.5 Å². The molecule has 0 radical (unpaired) electrons. The van der Waals surface area contributed by atoms with Crippen molar-refractivity contribution in [3.63, 3.8) is 0 Å². The molecule has 0 saturated heterocycles. The van der Waals surface area contributed by atoms with Crippen LogP contribution in [-0.4, -0.2) is 37.2 Å². The number of hydrogen-bond acceptors (Lipinski definition) is 5. The molecule has 0 spiro atoms. The molecule has 0 atom stereocenters. The first kappa shape index (κ1) is 19.6. The highest BCUT2D eigenvalue weighted by molar-refractivity contribution is 5.92. The van der Waals surface area contributed by atoms with E-state index in [4.69, 9.17) is 15.2 Å². The molecule has 3 rings (SSSR count). The third-order valence-corrected chi connectivity index (χ3v) is 3.82. The summed E-state index contributed by atoms with van der Waals surface area (Å²) in [6, 6.07) is 7.52. The fourth-order valence-corrected chi connectivity index (χ4v) is 2.55. The summed E-state index contributed by atoms with van der Waals surface area (Å²) in [4.78, 5) is 7.82. The van der Waals surface area contributed by atoms with E-state index in [-0.39, 0.29) is 24.9 Å². The molecule has 10 heteroatoms. The van der Waals surface area contributed by atoms with Crippen LogP contribution in [0, 0.1) is 0 Å². The smallest absolute Gasteiger partial charge is 0.419 e. The number of halogens is 3. The van der Waals surface area contributed by atoms with Gasteiger partial charge in [0.1, 0.15) is 5.82 Å². The van der Waals surface area contributed by atoms with E-state index in [1.807, 2.05) is 0 Å². The summed E-state index contributed by atoms with van der Waals surface area (Å²) in [7, 11) is 0. The van der Waals surface area contributed by atoms with E-state index >= 15 is 0 Å². The lowest BCUT2D eigenvalue weighted by Gasteiger charge is -2.13. The van der Waals surface area contributed by atoms with Gasteiger partial charge < -0.3 is 25.8 Å². The van der Waals surface area contributed by atoms with Crippen molar-refractivity contribution in [2.45, 2.75) is 12.6 Å². The second kappa shape index (κ2) is 8.68. The second-order valence-electron chi connectivity index (χ2n) is 5.93. The maximum atomic E-state index is 12.9. The predicted octanol–water partition coefficient (Wildman–Crippen LogP) is 3.10. The molecule has 7 nitrogen and oxygen atoms in total. The number of guanidine groups is 1. The normalized spacial score (nSPS) is 14.3. The Kier molecular flexibility index (Phi) is 6.07. The zero-order valence-electron chi connectivity index (χ0n) is 14.9. The van der Waals surface area contributed by atoms with Crippen molar-refractivity contribution in [1.82, 2.24) is 4.98 Å². The minimum absolute atomic E-state index is 0.133. The fraction of sp³-hybridized carbons (Fsp3) is 0.333. The van der Waals surface area contributed by atoms with Crippen molar-refractivity contribution in [1.29, 1.82) is 0 Å². The van der Waals surface area contributed by atoms with Crippen LogP contribution in [0.25, 0.3) is 0 Å². The van der Waals surface area contributed by atoms with Gasteiger partial charge in [-0.05, 0) is 24.3 Å². The van der Waals surface area contributed by atoms with Crippen LogP contribution in [-0.2, 0) is 6.18 Å². The van der Waals surface area contributed by atoms with Gasteiger partial charge in [-0.15, -0.1) is 0 Å². The second-order valence-corrected chi connectivity index (χ2v) is 5.93. The predicted molar refractivity (Wildman–Crippen MR) is 99.9 cm³/mol. The molecule has 0 saturated carbocycles. The van der Waals surface area contributed by atoms with Gasteiger partial charge in [-0.2, -0.15) is 13.2 Å². The Bertz CT molecular complexity index is 842. The van der Waals surface area contributed by atoms with Crippen molar-refractivity contribution in [3.05, 3.63) is 42.1 Å². The zero-order chi connectivity index (χ0) is 20.0. The Morgan fingerprint density at radius 2 is 1.96 bits per heavy atom. The lowest BCUT2D eigenvalue weighted by atomic mass is 10.2. The average molecular weight is 395 g/mol. The summed E-state index contributed by atoms with van der Waals surface area (Å²) in [5.41, 5.74) is 5.68. The molecule has 150 valence electrons. The quantitative estimate of drug-likeness (QED) is 0.409. The molecule has 2 aromatic rings. The van der Waals surface area contributed by atoms with Crippen LogP contribution in [0.1, 0.15) is 12.0 Å². The molecule has 0 unspecified atom stereocenters. The number of ether oxygens (including phenoxy) is 2. The Hall–Kier alpha value is -3.17. The van der Waals surface area contributed by atoms with Gasteiger partial charge in [-0.3, -0.25) is 4.99 Å². The number of aliphatic imine (C=N–C) groups is 1. The number of alkyl halides is 3. The van der Waals surface area contributed by atoms with Gasteiger partial charge in [0.25, 0.3) is 0 Å². The first-order valence-electron chi connectivity index (χ1n) is 8.66. The third kappa shape index (κ3) is 5.18. The van der Waals surface area contributed by atoms with Crippen molar-refractivity contribution in [3.8, 4) is 11.5 Å². The molecule has 0 fully saturated rings. The van der Waals surface area contributed by atoms with Crippen molar-refractivity contribution in [2.24, 2.45) is 10.7 Å². The number of nitrogens with two attached hydrogens (primary N) is 1. The van der Waals surface area contributed by atoms with E-state index in [1.54, 1.807) is 18.2 Å². The molecule has 0 amide bonds. The van der Waals surface area contributed by atoms with E-state index in [0.29, 0.717) is 30.4 Å². The van der Waals surface area contributed by atoms with Gasteiger partial charge in [0.15, 0.2) is 17.5 Å². The maximum absolute atomic E-state index is 12.9. The van der Waals surface area contributed by atoms with Gasteiger partial charge in [0, 0.05) is 30.9 Å². The summed E-state index contributed by atoms with van der Waals surface area (Å²) >= 11 is 0. The molecule has 1 aliphatic heterocycles. The highest BCUT2D eigenvalue weighted by Crippen LogP contribution is 2.33. The molecule has 1 aliphatic rings. The summed E-state index contributed by atoms with van der Waals surface area (Å²) in [6.45, 7) is 1.47. The van der Waals surface area contributed by atoms with Crippen molar-refractivity contribution >= 4 is 17.5 Å². The lowest BCUT2D eigenvalue weighted by molar-refractivity contribution is -0.137. The number of anilines is 2. The van der Waals surface area contributed by atoms with E-state index < -0.39 is 11.7 Å². The molecule has 1 aromatic carbocycles. The Labute approximate surface area is 159 Å². The zero-order valence-corrected chi connectivity index (χ0v) is 14.9. The standard InChI is InChI=1S/C18H20F3N5O2/c19-18(20,21)13-3-1-6-23-16(13)24-7-8-25-17(22)26-12-4-5-14-15(11-12)28-10-2-9-27-14/h1,3-6,11H,2,7-10H2,(H,23,24)(H3,22,25,26). The number of benzene rings is 1. The van der Waals surface area contributed by atoms with Crippen molar-refractivity contribution < 1.29 is 22.6 Å². The highest BCUT2D eigenvalue weighted by Gasteiger charge is 2.33. The first-order valence-corrected chi connectivity index (χ1v) is 8.66. The van der Waals surface area contributed by atoms with Crippen LogP contribution in [0.3, 0.4) is 0 Å². The highest BCUT2D eigenvalue weighted by atomic mass is 19.4. The molecule has 2 heterocycles. The molecule has 0 bridgehead atoms. The Morgan fingerprint density at radius 1 is 1.18 bits per heavy atom. The number of rotatable bonds is 5. The number of aromatic nitrogens is 1. The monoisotopic (exact) mass is 395 g/mol. The SMILES string of the molecule is NC(=NCCNc1ncccc1C(F)(F)F)Nc1ccc2c(c1)OCCCO2. The lowest BCUT2D eigenvalue weighted by Crippen LogP contribution is -2.24. The maximum Gasteiger partial charge on any atom is 0.419 e. The summed E-state index contributed by atoms with van der Waals surface area (Å²) in [5.74, 6) is 1.18. The molecule has 0 aliphatic carbocycles. The molecule has 28 heavy (non-hydrogen) atoms. The van der Waals surface area contributed by atoms with Gasteiger partial charge in [0.2, 0.25) is 0 Å².